The van der Waals surface area contributed by atoms with Crippen LogP contribution in [0.25, 0.3) is 11.0 Å². The summed E-state index contributed by atoms with van der Waals surface area (Å²) < 4.78 is 31.3. The third-order valence-corrected chi connectivity index (χ3v) is 5.19. The highest BCUT2D eigenvalue weighted by molar-refractivity contribution is 8.00. The molecule has 3 aromatic rings. The van der Waals surface area contributed by atoms with Crippen LogP contribution in [0.2, 0.25) is 5.02 Å². The maximum Gasteiger partial charge on any atom is 0.387 e. The summed E-state index contributed by atoms with van der Waals surface area (Å²) >= 11 is 7.25. The number of amides is 1. The molecule has 1 aromatic heterocycles. The second kappa shape index (κ2) is 8.14. The van der Waals surface area contributed by atoms with E-state index in [0.717, 1.165) is 11.0 Å². The summed E-state index contributed by atoms with van der Waals surface area (Å²) in [5, 5.41) is 3.33. The zero-order valence-corrected chi connectivity index (χ0v) is 16.0. The number of nitrogens with one attached hydrogen (secondary N) is 1. The second-order valence-corrected chi connectivity index (χ2v) is 7.45. The lowest BCUT2D eigenvalue weighted by atomic mass is 10.3. The van der Waals surface area contributed by atoms with E-state index in [1.165, 1.54) is 23.9 Å². The Bertz CT molecular complexity index is 980. The fourth-order valence-corrected chi connectivity index (χ4v) is 3.53. The molecule has 0 saturated carbocycles. The topological polar surface area (TPSA) is 56.2 Å². The van der Waals surface area contributed by atoms with E-state index in [1.54, 1.807) is 31.2 Å². The van der Waals surface area contributed by atoms with Gasteiger partial charge in [-0.3, -0.25) is 4.79 Å². The standard InChI is InChI=1S/C18H16ClF2N3O2S/c1-10(16(25)22-12-5-3-4-6-15(12)26-17(20)21)27-18-23-13-9-11(19)7-8-14(13)24(18)2/h3-10,17H,1-2H3,(H,22,25)/t10-/m1/s1. The first-order valence-corrected chi connectivity index (χ1v) is 9.24. The van der Waals surface area contributed by atoms with Crippen molar-refractivity contribution in [2.75, 3.05) is 5.32 Å². The zero-order chi connectivity index (χ0) is 19.6. The number of nitrogens with zero attached hydrogens (tertiary/aromatic N) is 2. The van der Waals surface area contributed by atoms with Crippen LogP contribution >= 0.6 is 23.4 Å². The summed E-state index contributed by atoms with van der Waals surface area (Å²) in [4.78, 5) is 17.0. The molecule has 0 aliphatic heterocycles. The van der Waals surface area contributed by atoms with Crippen LogP contribution in [0, 0.1) is 0 Å². The van der Waals surface area contributed by atoms with Crippen LogP contribution in [0.1, 0.15) is 6.92 Å². The van der Waals surface area contributed by atoms with Crippen molar-refractivity contribution >= 4 is 46.0 Å². The number of anilines is 1. The minimum atomic E-state index is -2.97. The fourth-order valence-electron chi connectivity index (χ4n) is 2.47. The van der Waals surface area contributed by atoms with Crippen LogP contribution < -0.4 is 10.1 Å². The monoisotopic (exact) mass is 411 g/mol. The number of ether oxygens (including phenoxy) is 1. The average Bonchev–Trinajstić information content (AvgIpc) is 2.91. The molecule has 142 valence electrons. The first-order chi connectivity index (χ1) is 12.8. The predicted octanol–water partition coefficient (Wildman–Crippen LogP) is 4.95. The number of imidazole rings is 1. The number of thioether (sulfide) groups is 1. The molecular weight excluding hydrogens is 396 g/mol. The Balaban J connectivity index is 1.74. The Labute approximate surface area is 163 Å². The first kappa shape index (κ1) is 19.4. The molecule has 1 heterocycles. The Morgan fingerprint density at radius 3 is 2.78 bits per heavy atom. The quantitative estimate of drug-likeness (QED) is 0.583. The maximum atomic E-state index is 12.5. The van der Waals surface area contributed by atoms with Gasteiger partial charge in [0.05, 0.1) is 22.0 Å². The molecule has 0 bridgehead atoms. The van der Waals surface area contributed by atoms with Gasteiger partial charge in [0.1, 0.15) is 5.75 Å². The zero-order valence-electron chi connectivity index (χ0n) is 14.4. The molecule has 0 aliphatic rings. The molecule has 1 amide bonds. The Morgan fingerprint density at radius 1 is 1.30 bits per heavy atom. The molecule has 1 atom stereocenters. The molecule has 0 radical (unpaired) electrons. The number of rotatable bonds is 6. The second-order valence-electron chi connectivity index (χ2n) is 5.71. The predicted molar refractivity (Wildman–Crippen MR) is 103 cm³/mol. The van der Waals surface area contributed by atoms with Gasteiger partial charge in [0.15, 0.2) is 5.16 Å². The van der Waals surface area contributed by atoms with Gasteiger partial charge in [0.2, 0.25) is 5.91 Å². The third kappa shape index (κ3) is 4.51. The minimum Gasteiger partial charge on any atom is -0.433 e. The van der Waals surface area contributed by atoms with Crippen molar-refractivity contribution in [1.82, 2.24) is 9.55 Å². The van der Waals surface area contributed by atoms with Crippen molar-refractivity contribution < 1.29 is 18.3 Å². The van der Waals surface area contributed by atoms with Crippen LogP contribution in [0.4, 0.5) is 14.5 Å². The highest BCUT2D eigenvalue weighted by atomic mass is 35.5. The van der Waals surface area contributed by atoms with Crippen molar-refractivity contribution in [2.45, 2.75) is 23.9 Å². The van der Waals surface area contributed by atoms with E-state index in [-0.39, 0.29) is 17.3 Å². The van der Waals surface area contributed by atoms with Crippen LogP contribution in [-0.2, 0) is 11.8 Å². The molecule has 3 rings (SSSR count). The van der Waals surface area contributed by atoms with Gasteiger partial charge in [-0.2, -0.15) is 8.78 Å². The molecule has 0 aliphatic carbocycles. The highest BCUT2D eigenvalue weighted by Gasteiger charge is 2.20. The van der Waals surface area contributed by atoms with Gasteiger partial charge in [-0.1, -0.05) is 35.5 Å². The summed E-state index contributed by atoms with van der Waals surface area (Å²) in [7, 11) is 1.85. The molecule has 5 nitrogen and oxygen atoms in total. The Hall–Kier alpha value is -2.32. The van der Waals surface area contributed by atoms with Crippen molar-refractivity contribution in [2.24, 2.45) is 7.05 Å². The molecule has 2 aromatic carbocycles. The lowest BCUT2D eigenvalue weighted by Gasteiger charge is -2.14. The smallest absolute Gasteiger partial charge is 0.387 e. The number of para-hydroxylation sites is 2. The molecule has 0 unspecified atom stereocenters. The van der Waals surface area contributed by atoms with E-state index >= 15 is 0 Å². The summed E-state index contributed by atoms with van der Waals surface area (Å²) in [6.07, 6.45) is 0. The van der Waals surface area contributed by atoms with Gasteiger partial charge in [-0.15, -0.1) is 0 Å². The average molecular weight is 412 g/mol. The summed E-state index contributed by atoms with van der Waals surface area (Å²) in [6.45, 7) is -1.26. The van der Waals surface area contributed by atoms with Crippen molar-refractivity contribution in [1.29, 1.82) is 0 Å². The number of halogens is 3. The number of carbonyl (C=O) groups is 1. The van der Waals surface area contributed by atoms with E-state index in [2.05, 4.69) is 15.0 Å². The van der Waals surface area contributed by atoms with Gasteiger partial charge in [0.25, 0.3) is 0 Å². The number of aromatic nitrogens is 2. The number of benzene rings is 2. The molecule has 1 N–H and O–H groups in total. The van der Waals surface area contributed by atoms with E-state index in [4.69, 9.17) is 11.6 Å². The van der Waals surface area contributed by atoms with Gasteiger partial charge in [0, 0.05) is 12.1 Å². The molecule has 9 heteroatoms. The lowest BCUT2D eigenvalue weighted by Crippen LogP contribution is -2.23. The van der Waals surface area contributed by atoms with E-state index < -0.39 is 11.9 Å². The summed E-state index contributed by atoms with van der Waals surface area (Å²) in [5.41, 5.74) is 1.81. The number of fused-ring (bicyclic) bond motifs is 1. The number of hydrogen-bond acceptors (Lipinski definition) is 4. The molecule has 0 spiro atoms. The van der Waals surface area contributed by atoms with Gasteiger partial charge >= 0.3 is 6.61 Å². The maximum absolute atomic E-state index is 12.5. The Morgan fingerprint density at radius 2 is 2.04 bits per heavy atom. The van der Waals surface area contributed by atoms with E-state index in [0.29, 0.717) is 10.2 Å². The number of hydrogen-bond donors (Lipinski definition) is 1. The van der Waals surface area contributed by atoms with Crippen LogP contribution in [0.3, 0.4) is 0 Å². The lowest BCUT2D eigenvalue weighted by molar-refractivity contribution is -0.115. The first-order valence-electron chi connectivity index (χ1n) is 7.98. The van der Waals surface area contributed by atoms with E-state index in [9.17, 15) is 13.6 Å². The molecule has 0 fully saturated rings. The van der Waals surface area contributed by atoms with Crippen LogP contribution in [0.5, 0.6) is 5.75 Å². The van der Waals surface area contributed by atoms with Crippen molar-refractivity contribution in [3.05, 3.63) is 47.5 Å². The Kier molecular flexibility index (Phi) is 5.86. The SMILES string of the molecule is C[C@@H](Sc1nc2cc(Cl)ccc2n1C)C(=O)Nc1ccccc1OC(F)F. The number of carbonyl (C=O) groups excluding carboxylic acids is 1. The third-order valence-electron chi connectivity index (χ3n) is 3.81. The largest absolute Gasteiger partial charge is 0.433 e. The van der Waals surface area contributed by atoms with Gasteiger partial charge in [-0.25, -0.2) is 4.98 Å². The summed E-state index contributed by atoms with van der Waals surface area (Å²) in [5.74, 6) is -0.439. The van der Waals surface area contributed by atoms with Crippen molar-refractivity contribution in [3.63, 3.8) is 0 Å². The molecular formula is C18H16ClF2N3O2S. The van der Waals surface area contributed by atoms with Gasteiger partial charge in [-0.05, 0) is 37.3 Å². The van der Waals surface area contributed by atoms with Crippen molar-refractivity contribution in [3.8, 4) is 5.75 Å². The molecule has 27 heavy (non-hydrogen) atoms. The number of alkyl halides is 2. The fraction of sp³-hybridized carbons (Fsp3) is 0.222. The minimum absolute atomic E-state index is 0.0876. The van der Waals surface area contributed by atoms with E-state index in [1.807, 2.05) is 17.7 Å². The van der Waals surface area contributed by atoms with Gasteiger partial charge < -0.3 is 14.6 Å². The molecule has 0 saturated heterocycles. The van der Waals surface area contributed by atoms with Crippen LogP contribution in [-0.4, -0.2) is 27.3 Å². The number of aryl methyl sites for hydroxylation is 1. The summed E-state index contributed by atoms with van der Waals surface area (Å²) in [6, 6.07) is 11.4. The normalized spacial score (nSPS) is 12.4. The van der Waals surface area contributed by atoms with Crippen LogP contribution in [0.15, 0.2) is 47.6 Å². The highest BCUT2D eigenvalue weighted by Crippen LogP contribution is 2.30.